The zero-order chi connectivity index (χ0) is 17.2. The molecule has 0 saturated carbocycles. The van der Waals surface area contributed by atoms with Gasteiger partial charge in [-0.05, 0) is 19.3 Å². The number of esters is 1. The number of carbonyl (C=O) groups is 2. The van der Waals surface area contributed by atoms with E-state index in [-0.39, 0.29) is 48.4 Å². The molecule has 0 aliphatic heterocycles. The number of unbranched alkanes of at least 4 members (excludes halogenated alkanes) is 7. The van der Waals surface area contributed by atoms with Gasteiger partial charge in [0.1, 0.15) is 6.61 Å². The fraction of sp³-hybridized carbons (Fsp3) is 0.778. The number of aliphatic carboxylic acids is 1. The predicted molar refractivity (Wildman–Crippen MR) is 89.8 cm³/mol. The Bertz CT molecular complexity index is 335. The zero-order valence-electron chi connectivity index (χ0n) is 15.5. The van der Waals surface area contributed by atoms with Gasteiger partial charge in [-0.3, -0.25) is 4.79 Å². The van der Waals surface area contributed by atoms with Crippen LogP contribution < -0.4 is 40.0 Å². The minimum absolute atomic E-state index is 0. The van der Waals surface area contributed by atoms with Gasteiger partial charge < -0.3 is 20.0 Å². The topological polar surface area (TPSA) is 78.5 Å². The third kappa shape index (κ3) is 21.6. The van der Waals surface area contributed by atoms with Crippen LogP contribution in [0.1, 0.15) is 71.1 Å². The van der Waals surface area contributed by atoms with E-state index in [0.717, 1.165) is 6.42 Å². The Balaban J connectivity index is 0. The Morgan fingerprint density at radius 2 is 1.58 bits per heavy atom. The van der Waals surface area contributed by atoms with E-state index in [1.165, 1.54) is 44.9 Å². The van der Waals surface area contributed by atoms with Crippen molar-refractivity contribution in [1.82, 2.24) is 5.32 Å². The van der Waals surface area contributed by atoms with E-state index in [0.29, 0.717) is 19.7 Å². The average Bonchev–Trinajstić information content (AvgIpc) is 2.52. The summed E-state index contributed by atoms with van der Waals surface area (Å²) in [5, 5.41) is 13.0. The molecule has 0 aromatic carbocycles. The van der Waals surface area contributed by atoms with Crippen LogP contribution in [0.25, 0.3) is 0 Å². The minimum Gasteiger partial charge on any atom is -0.550 e. The molecule has 0 heterocycles. The Kier molecular flexibility index (Phi) is 22.3. The molecule has 0 rings (SSSR count). The van der Waals surface area contributed by atoms with Crippen LogP contribution in [-0.4, -0.2) is 31.6 Å². The number of hydrogen-bond acceptors (Lipinski definition) is 5. The van der Waals surface area contributed by atoms with Gasteiger partial charge in [0.2, 0.25) is 0 Å². The largest absolute Gasteiger partial charge is 1.00 e. The maximum absolute atomic E-state index is 11.4. The van der Waals surface area contributed by atoms with E-state index in [2.05, 4.69) is 18.3 Å². The molecule has 0 unspecified atom stereocenters. The SMILES string of the molecule is CCCCCCCCCC=CCOC(=O)CCNCCC(=O)[O-].[Na+]. The van der Waals surface area contributed by atoms with Gasteiger partial charge >= 0.3 is 35.5 Å². The molecule has 5 nitrogen and oxygen atoms in total. The molecule has 0 atom stereocenters. The molecule has 0 bridgehead atoms. The van der Waals surface area contributed by atoms with Crippen LogP contribution >= 0.6 is 0 Å². The van der Waals surface area contributed by atoms with Crippen molar-refractivity contribution in [3.63, 3.8) is 0 Å². The van der Waals surface area contributed by atoms with Gasteiger partial charge in [0.25, 0.3) is 0 Å². The number of hydrogen-bond donors (Lipinski definition) is 1. The van der Waals surface area contributed by atoms with Crippen molar-refractivity contribution in [2.24, 2.45) is 0 Å². The van der Waals surface area contributed by atoms with E-state index in [1.54, 1.807) is 0 Å². The van der Waals surface area contributed by atoms with E-state index in [9.17, 15) is 14.7 Å². The Morgan fingerprint density at radius 3 is 2.25 bits per heavy atom. The summed E-state index contributed by atoms with van der Waals surface area (Å²) >= 11 is 0. The molecule has 0 aliphatic carbocycles. The van der Waals surface area contributed by atoms with Gasteiger partial charge in [0, 0.05) is 19.1 Å². The monoisotopic (exact) mass is 349 g/mol. The van der Waals surface area contributed by atoms with Crippen LogP contribution in [0.5, 0.6) is 0 Å². The van der Waals surface area contributed by atoms with Crippen LogP contribution in [0.4, 0.5) is 0 Å². The van der Waals surface area contributed by atoms with Gasteiger partial charge in [-0.1, -0.05) is 57.6 Å². The van der Waals surface area contributed by atoms with Crippen molar-refractivity contribution in [3.8, 4) is 0 Å². The first kappa shape index (κ1) is 25.9. The van der Waals surface area contributed by atoms with Crippen molar-refractivity contribution in [1.29, 1.82) is 0 Å². The normalized spacial score (nSPS) is 10.5. The Morgan fingerprint density at radius 1 is 0.958 bits per heavy atom. The molecule has 24 heavy (non-hydrogen) atoms. The third-order valence-electron chi connectivity index (χ3n) is 3.49. The Labute approximate surface area is 168 Å². The van der Waals surface area contributed by atoms with Gasteiger partial charge in [-0.15, -0.1) is 0 Å². The van der Waals surface area contributed by atoms with Crippen molar-refractivity contribution in [3.05, 3.63) is 12.2 Å². The fourth-order valence-corrected chi connectivity index (χ4v) is 2.12. The number of ether oxygens (including phenoxy) is 1. The van der Waals surface area contributed by atoms with Crippen LogP contribution in [0.3, 0.4) is 0 Å². The van der Waals surface area contributed by atoms with Crippen LogP contribution in [-0.2, 0) is 14.3 Å². The van der Waals surface area contributed by atoms with Crippen molar-refractivity contribution >= 4 is 11.9 Å². The first-order valence-electron chi connectivity index (χ1n) is 8.88. The van der Waals surface area contributed by atoms with Gasteiger partial charge in [0.15, 0.2) is 0 Å². The van der Waals surface area contributed by atoms with Gasteiger partial charge in [-0.25, -0.2) is 0 Å². The number of carboxylic acids is 1. The summed E-state index contributed by atoms with van der Waals surface area (Å²) in [5.41, 5.74) is 0. The minimum atomic E-state index is -1.09. The molecule has 0 saturated heterocycles. The van der Waals surface area contributed by atoms with Crippen molar-refractivity contribution < 1.29 is 49.0 Å². The Hall–Kier alpha value is -0.360. The van der Waals surface area contributed by atoms with Gasteiger partial charge in [0.05, 0.1) is 6.42 Å². The third-order valence-corrected chi connectivity index (χ3v) is 3.49. The van der Waals surface area contributed by atoms with Crippen LogP contribution in [0.2, 0.25) is 0 Å². The molecule has 6 heteroatoms. The second-order valence-electron chi connectivity index (χ2n) is 5.69. The molecule has 0 aliphatic rings. The van der Waals surface area contributed by atoms with E-state index < -0.39 is 5.97 Å². The summed E-state index contributed by atoms with van der Waals surface area (Å²) < 4.78 is 5.05. The first-order valence-corrected chi connectivity index (χ1v) is 8.88. The zero-order valence-corrected chi connectivity index (χ0v) is 17.5. The van der Waals surface area contributed by atoms with E-state index in [4.69, 9.17) is 4.74 Å². The second kappa shape index (κ2) is 20.7. The number of rotatable bonds is 16. The van der Waals surface area contributed by atoms with Crippen molar-refractivity contribution in [2.45, 2.75) is 71.1 Å². The summed E-state index contributed by atoms with van der Waals surface area (Å²) in [7, 11) is 0. The first-order chi connectivity index (χ1) is 11.2. The average molecular weight is 349 g/mol. The molecule has 134 valence electrons. The molecule has 0 fully saturated rings. The molecule has 0 aromatic rings. The summed E-state index contributed by atoms with van der Waals surface area (Å²) in [6, 6.07) is 0. The number of nitrogens with one attached hydrogen (secondary N) is 1. The molecule has 0 spiro atoms. The maximum Gasteiger partial charge on any atom is 1.00 e. The van der Waals surface area contributed by atoms with E-state index in [1.807, 2.05) is 6.08 Å². The summed E-state index contributed by atoms with van der Waals surface area (Å²) in [6.45, 7) is 3.28. The number of carboxylic acid groups (broad SMARTS) is 1. The molecule has 0 aromatic heterocycles. The number of carbonyl (C=O) groups excluding carboxylic acids is 2. The summed E-state index contributed by atoms with van der Waals surface area (Å²) in [6.07, 6.45) is 14.3. The second-order valence-corrected chi connectivity index (χ2v) is 5.69. The number of allylic oxidation sites excluding steroid dienone is 1. The van der Waals surface area contributed by atoms with E-state index >= 15 is 0 Å². The summed E-state index contributed by atoms with van der Waals surface area (Å²) in [4.78, 5) is 21.5. The van der Waals surface area contributed by atoms with Crippen molar-refractivity contribution in [2.75, 3.05) is 19.7 Å². The smallest absolute Gasteiger partial charge is 0.550 e. The van der Waals surface area contributed by atoms with Crippen LogP contribution in [0, 0.1) is 0 Å². The fourth-order valence-electron chi connectivity index (χ4n) is 2.12. The quantitative estimate of drug-likeness (QED) is 0.173. The molecular formula is C18H32NNaO4. The van der Waals surface area contributed by atoms with Gasteiger partial charge in [-0.2, -0.15) is 0 Å². The standard InChI is InChI=1S/C18H33NO4.Na/c1-2-3-4-5-6-7-8-9-10-11-16-23-18(22)13-15-19-14-12-17(20)21;/h10-11,19H,2-9,12-16H2,1H3,(H,20,21);/q;+1/p-1. The molecule has 0 radical (unpaired) electrons. The predicted octanol–water partition coefficient (Wildman–Crippen LogP) is -0.650. The summed E-state index contributed by atoms with van der Waals surface area (Å²) in [5.74, 6) is -1.36. The molecular weight excluding hydrogens is 317 g/mol. The molecule has 1 N–H and O–H groups in total. The van der Waals surface area contributed by atoms with Crippen LogP contribution in [0.15, 0.2) is 12.2 Å². The maximum atomic E-state index is 11.4. The molecule has 0 amide bonds.